The number of anilines is 1. The van der Waals surface area contributed by atoms with Crippen molar-refractivity contribution in [2.75, 3.05) is 12.8 Å². The lowest BCUT2D eigenvalue weighted by Crippen LogP contribution is -2.05. The Labute approximate surface area is 121 Å². The number of nitrogens with zero attached hydrogens (tertiary/aromatic N) is 4. The van der Waals surface area contributed by atoms with Crippen LogP contribution in [0.5, 0.6) is 5.75 Å². The van der Waals surface area contributed by atoms with Crippen LogP contribution < -0.4 is 10.5 Å². The molecule has 104 valence electrons. The first kappa shape index (κ1) is 12.9. The van der Waals surface area contributed by atoms with Gasteiger partial charge in [0.05, 0.1) is 18.5 Å². The number of nitriles is 1. The molecule has 0 radical (unpaired) electrons. The van der Waals surface area contributed by atoms with Crippen LogP contribution in [-0.2, 0) is 0 Å². The molecule has 0 spiro atoms. The number of hydrogen-bond acceptors (Lipinski definition) is 5. The van der Waals surface area contributed by atoms with Gasteiger partial charge in [-0.1, -0.05) is 0 Å². The number of ether oxygens (including phenoxy) is 1. The predicted octanol–water partition coefficient (Wildman–Crippen LogP) is 2.17. The fourth-order valence-electron chi connectivity index (χ4n) is 2.19. The molecule has 0 saturated carbocycles. The van der Waals surface area contributed by atoms with Crippen molar-refractivity contribution in [3.05, 3.63) is 41.6 Å². The first-order chi connectivity index (χ1) is 10.1. The van der Waals surface area contributed by atoms with Crippen LogP contribution >= 0.6 is 0 Å². The van der Waals surface area contributed by atoms with Crippen LogP contribution in [0.4, 0.5) is 5.82 Å². The number of aryl methyl sites for hydroxylation is 1. The van der Waals surface area contributed by atoms with Gasteiger partial charge in [0.2, 0.25) is 0 Å². The second kappa shape index (κ2) is 4.80. The highest BCUT2D eigenvalue weighted by molar-refractivity contribution is 5.67. The number of benzene rings is 1. The van der Waals surface area contributed by atoms with E-state index >= 15 is 0 Å². The quantitative estimate of drug-likeness (QED) is 0.776. The molecule has 6 nitrogen and oxygen atoms in total. The molecule has 6 heteroatoms. The molecule has 0 atom stereocenters. The van der Waals surface area contributed by atoms with Crippen LogP contribution in [-0.4, -0.2) is 21.7 Å². The van der Waals surface area contributed by atoms with Crippen molar-refractivity contribution >= 4 is 11.5 Å². The first-order valence-corrected chi connectivity index (χ1v) is 6.34. The Morgan fingerprint density at radius 3 is 2.62 bits per heavy atom. The second-order valence-electron chi connectivity index (χ2n) is 4.60. The molecule has 3 rings (SSSR count). The molecular formula is C15H13N5O. The summed E-state index contributed by atoms with van der Waals surface area (Å²) in [4.78, 5) is 4.36. The molecule has 21 heavy (non-hydrogen) atoms. The average molecular weight is 279 g/mol. The Bertz CT molecular complexity index is 858. The molecule has 0 saturated heterocycles. The van der Waals surface area contributed by atoms with E-state index in [2.05, 4.69) is 16.2 Å². The minimum absolute atomic E-state index is 0.305. The summed E-state index contributed by atoms with van der Waals surface area (Å²) in [6.07, 6.45) is 0. The third kappa shape index (κ3) is 2.05. The SMILES string of the molecule is COc1ccc(-c2cc3nc(C)c(C#N)c(N)n3n2)cc1. The van der Waals surface area contributed by atoms with Gasteiger partial charge in [-0.2, -0.15) is 14.9 Å². The Kier molecular flexibility index (Phi) is 2.95. The number of nitrogens with two attached hydrogens (primary N) is 1. The molecular weight excluding hydrogens is 266 g/mol. The molecule has 0 amide bonds. The van der Waals surface area contributed by atoms with Gasteiger partial charge in [-0.3, -0.25) is 0 Å². The smallest absolute Gasteiger partial charge is 0.158 e. The zero-order valence-corrected chi connectivity index (χ0v) is 11.7. The van der Waals surface area contributed by atoms with Crippen molar-refractivity contribution < 1.29 is 4.74 Å². The zero-order valence-electron chi connectivity index (χ0n) is 11.7. The van der Waals surface area contributed by atoms with Crippen molar-refractivity contribution in [2.45, 2.75) is 6.92 Å². The molecule has 0 aliphatic heterocycles. The van der Waals surface area contributed by atoms with Crippen molar-refractivity contribution in [1.82, 2.24) is 14.6 Å². The number of methoxy groups -OCH3 is 1. The maximum Gasteiger partial charge on any atom is 0.158 e. The van der Waals surface area contributed by atoms with Gasteiger partial charge in [0.15, 0.2) is 5.65 Å². The molecule has 2 N–H and O–H groups in total. The molecule has 2 heterocycles. The Morgan fingerprint density at radius 1 is 1.29 bits per heavy atom. The van der Waals surface area contributed by atoms with Crippen LogP contribution in [0.2, 0.25) is 0 Å². The average Bonchev–Trinajstić information content (AvgIpc) is 2.92. The van der Waals surface area contributed by atoms with Crippen LogP contribution in [0.1, 0.15) is 11.3 Å². The lowest BCUT2D eigenvalue weighted by Gasteiger charge is -2.03. The summed E-state index contributed by atoms with van der Waals surface area (Å²) in [5.41, 5.74) is 9.23. The van der Waals surface area contributed by atoms with E-state index in [1.54, 1.807) is 14.0 Å². The van der Waals surface area contributed by atoms with Crippen molar-refractivity contribution in [1.29, 1.82) is 5.26 Å². The van der Waals surface area contributed by atoms with Gasteiger partial charge in [0.1, 0.15) is 23.2 Å². The van der Waals surface area contributed by atoms with E-state index in [1.165, 1.54) is 4.52 Å². The summed E-state index contributed by atoms with van der Waals surface area (Å²) in [6, 6.07) is 11.4. The van der Waals surface area contributed by atoms with Crippen LogP contribution in [0.25, 0.3) is 16.9 Å². The normalized spacial score (nSPS) is 10.5. The van der Waals surface area contributed by atoms with Gasteiger partial charge in [0, 0.05) is 11.6 Å². The van der Waals surface area contributed by atoms with E-state index in [4.69, 9.17) is 15.7 Å². The van der Waals surface area contributed by atoms with Gasteiger partial charge in [-0.25, -0.2) is 4.98 Å². The molecule has 3 aromatic rings. The van der Waals surface area contributed by atoms with Crippen molar-refractivity contribution in [3.63, 3.8) is 0 Å². The Morgan fingerprint density at radius 2 is 2.00 bits per heavy atom. The monoisotopic (exact) mass is 279 g/mol. The summed E-state index contributed by atoms with van der Waals surface area (Å²) in [5.74, 6) is 1.09. The third-order valence-corrected chi connectivity index (χ3v) is 3.32. The summed E-state index contributed by atoms with van der Waals surface area (Å²) in [5, 5.41) is 13.5. The highest BCUT2D eigenvalue weighted by Gasteiger charge is 2.13. The second-order valence-corrected chi connectivity index (χ2v) is 4.60. The standard InChI is InChI=1S/C15H13N5O/c1-9-12(8-16)15(17)20-14(18-9)7-13(19-20)10-3-5-11(21-2)6-4-10/h3-7H,17H2,1-2H3. The van der Waals surface area contributed by atoms with Gasteiger partial charge >= 0.3 is 0 Å². The number of nitrogen functional groups attached to an aromatic ring is 1. The first-order valence-electron chi connectivity index (χ1n) is 6.34. The van der Waals surface area contributed by atoms with Crippen LogP contribution in [0.15, 0.2) is 30.3 Å². The maximum atomic E-state index is 9.12. The number of aromatic nitrogens is 3. The maximum absolute atomic E-state index is 9.12. The molecule has 0 aliphatic carbocycles. The van der Waals surface area contributed by atoms with Gasteiger partial charge in [0.25, 0.3) is 0 Å². The number of rotatable bonds is 2. The summed E-state index contributed by atoms with van der Waals surface area (Å²) >= 11 is 0. The number of fused-ring (bicyclic) bond motifs is 1. The lowest BCUT2D eigenvalue weighted by atomic mass is 10.1. The predicted molar refractivity (Wildman–Crippen MR) is 78.8 cm³/mol. The highest BCUT2D eigenvalue weighted by Crippen LogP contribution is 2.24. The van der Waals surface area contributed by atoms with E-state index in [9.17, 15) is 0 Å². The van der Waals surface area contributed by atoms with E-state index in [0.717, 1.165) is 17.0 Å². The topological polar surface area (TPSA) is 89.2 Å². The van der Waals surface area contributed by atoms with Gasteiger partial charge < -0.3 is 10.5 Å². The zero-order chi connectivity index (χ0) is 15.0. The summed E-state index contributed by atoms with van der Waals surface area (Å²) in [6.45, 7) is 1.76. The number of hydrogen-bond donors (Lipinski definition) is 1. The molecule has 0 fully saturated rings. The molecule has 2 aromatic heterocycles. The van der Waals surface area contributed by atoms with Gasteiger partial charge in [-0.05, 0) is 31.2 Å². The van der Waals surface area contributed by atoms with E-state index in [1.807, 2.05) is 30.3 Å². The largest absolute Gasteiger partial charge is 0.497 e. The molecule has 0 aliphatic rings. The van der Waals surface area contributed by atoms with E-state index < -0.39 is 0 Å². The Hall–Kier alpha value is -3.07. The molecule has 0 bridgehead atoms. The van der Waals surface area contributed by atoms with Gasteiger partial charge in [-0.15, -0.1) is 0 Å². The van der Waals surface area contributed by atoms with Crippen molar-refractivity contribution in [2.24, 2.45) is 0 Å². The summed E-state index contributed by atoms with van der Waals surface area (Å²) in [7, 11) is 1.62. The summed E-state index contributed by atoms with van der Waals surface area (Å²) < 4.78 is 6.63. The van der Waals surface area contributed by atoms with E-state index in [0.29, 0.717) is 22.7 Å². The van der Waals surface area contributed by atoms with Crippen LogP contribution in [0.3, 0.4) is 0 Å². The Balaban J connectivity index is 2.17. The molecule has 0 unspecified atom stereocenters. The molecule has 1 aromatic carbocycles. The minimum Gasteiger partial charge on any atom is -0.497 e. The highest BCUT2D eigenvalue weighted by atomic mass is 16.5. The fraction of sp³-hybridized carbons (Fsp3) is 0.133. The lowest BCUT2D eigenvalue weighted by molar-refractivity contribution is 0.415. The van der Waals surface area contributed by atoms with E-state index in [-0.39, 0.29) is 0 Å². The van der Waals surface area contributed by atoms with Crippen LogP contribution in [0, 0.1) is 18.3 Å². The fourth-order valence-corrected chi connectivity index (χ4v) is 2.19. The third-order valence-electron chi connectivity index (χ3n) is 3.32. The van der Waals surface area contributed by atoms with Crippen molar-refractivity contribution in [3.8, 4) is 23.1 Å². The minimum atomic E-state index is 0.305.